The highest BCUT2D eigenvalue weighted by molar-refractivity contribution is 5.94. The second kappa shape index (κ2) is 10.4. The number of nitrogens with one attached hydrogen (secondary N) is 1. The van der Waals surface area contributed by atoms with Crippen LogP contribution in [0.1, 0.15) is 67.9 Å². The van der Waals surface area contributed by atoms with E-state index < -0.39 is 0 Å². The predicted molar refractivity (Wildman–Crippen MR) is 131 cm³/mol. The van der Waals surface area contributed by atoms with Gasteiger partial charge in [-0.05, 0) is 44.7 Å². The third-order valence-electron chi connectivity index (χ3n) is 7.54. The topological polar surface area (TPSA) is 88.4 Å². The first-order valence-electron chi connectivity index (χ1n) is 12.8. The fourth-order valence-electron chi connectivity index (χ4n) is 5.68. The molecule has 0 bridgehead atoms. The number of ether oxygens (including phenoxy) is 1. The van der Waals surface area contributed by atoms with E-state index in [2.05, 4.69) is 42.8 Å². The molecule has 2 aromatic heterocycles. The number of methoxy groups -OCH3 is 1. The maximum Gasteiger partial charge on any atom is 0.226 e. The lowest BCUT2D eigenvalue weighted by Crippen LogP contribution is -2.36. The van der Waals surface area contributed by atoms with Gasteiger partial charge in [0.15, 0.2) is 0 Å². The highest BCUT2D eigenvalue weighted by atomic mass is 16.5. The van der Waals surface area contributed by atoms with Gasteiger partial charge in [0.1, 0.15) is 23.8 Å². The molecular formula is C25H37N7O2. The summed E-state index contributed by atoms with van der Waals surface area (Å²) in [7, 11) is 1.75. The molecule has 34 heavy (non-hydrogen) atoms. The van der Waals surface area contributed by atoms with Crippen molar-refractivity contribution in [2.24, 2.45) is 0 Å². The van der Waals surface area contributed by atoms with Gasteiger partial charge in [0.25, 0.3) is 0 Å². The fourth-order valence-corrected chi connectivity index (χ4v) is 5.68. The van der Waals surface area contributed by atoms with Crippen LogP contribution in [0.25, 0.3) is 0 Å². The summed E-state index contributed by atoms with van der Waals surface area (Å²) in [5.74, 6) is 3.50. The number of carbonyl (C=O) groups excluding carboxylic acids is 1. The molecule has 0 spiro atoms. The Morgan fingerprint density at radius 2 is 1.91 bits per heavy atom. The number of carbonyl (C=O) groups is 1. The number of anilines is 2. The lowest BCUT2D eigenvalue weighted by molar-refractivity contribution is -0.116. The molecule has 9 heteroatoms. The van der Waals surface area contributed by atoms with E-state index >= 15 is 0 Å². The van der Waals surface area contributed by atoms with Crippen molar-refractivity contribution in [1.29, 1.82) is 0 Å². The molecule has 2 fully saturated rings. The number of hydrogen-bond acceptors (Lipinski definition) is 7. The number of nitrogens with zero attached hydrogens (tertiary/aromatic N) is 6. The highest BCUT2D eigenvalue weighted by Crippen LogP contribution is 2.38. The highest BCUT2D eigenvalue weighted by Gasteiger charge is 2.31. The number of aromatic nitrogens is 4. The summed E-state index contributed by atoms with van der Waals surface area (Å²) < 4.78 is 7.71. The lowest BCUT2D eigenvalue weighted by atomic mass is 9.92. The Morgan fingerprint density at radius 1 is 1.12 bits per heavy atom. The first-order valence-corrected chi connectivity index (χ1v) is 12.8. The van der Waals surface area contributed by atoms with Gasteiger partial charge < -0.3 is 24.4 Å². The zero-order valence-corrected chi connectivity index (χ0v) is 20.5. The van der Waals surface area contributed by atoms with Gasteiger partial charge in [-0.25, -0.2) is 15.0 Å². The third kappa shape index (κ3) is 4.95. The molecule has 3 aliphatic rings. The summed E-state index contributed by atoms with van der Waals surface area (Å²) in [4.78, 5) is 30.9. The van der Waals surface area contributed by atoms with Gasteiger partial charge >= 0.3 is 0 Å². The quantitative estimate of drug-likeness (QED) is 0.639. The number of imidazole rings is 1. The smallest absolute Gasteiger partial charge is 0.226 e. The number of rotatable bonds is 8. The van der Waals surface area contributed by atoms with E-state index in [1.807, 2.05) is 0 Å². The average Bonchev–Trinajstić information content (AvgIpc) is 3.51. The van der Waals surface area contributed by atoms with Crippen molar-refractivity contribution in [1.82, 2.24) is 24.4 Å². The minimum atomic E-state index is 0.0356. The molecule has 1 atom stereocenters. The molecule has 0 unspecified atom stereocenters. The van der Waals surface area contributed by atoms with Gasteiger partial charge in [0.2, 0.25) is 5.91 Å². The van der Waals surface area contributed by atoms with Crippen LogP contribution in [0.3, 0.4) is 0 Å². The molecule has 9 nitrogen and oxygen atoms in total. The lowest BCUT2D eigenvalue weighted by Gasteiger charge is -2.35. The van der Waals surface area contributed by atoms with E-state index in [4.69, 9.17) is 9.72 Å². The Morgan fingerprint density at radius 3 is 2.68 bits per heavy atom. The minimum absolute atomic E-state index is 0.0356. The van der Waals surface area contributed by atoms with Gasteiger partial charge in [-0.3, -0.25) is 4.79 Å². The fraction of sp³-hybridized carbons (Fsp3) is 0.680. The van der Waals surface area contributed by atoms with Crippen LogP contribution in [0.5, 0.6) is 0 Å². The predicted octanol–water partition coefficient (Wildman–Crippen LogP) is 2.79. The molecule has 0 aromatic carbocycles. The van der Waals surface area contributed by atoms with Crippen LogP contribution in [-0.2, 0) is 22.5 Å². The van der Waals surface area contributed by atoms with E-state index in [0.717, 1.165) is 62.5 Å². The summed E-state index contributed by atoms with van der Waals surface area (Å²) >= 11 is 0. The Bertz CT molecular complexity index is 993. The first-order chi connectivity index (χ1) is 16.6. The summed E-state index contributed by atoms with van der Waals surface area (Å²) in [6, 6.07) is 0. The average molecular weight is 468 g/mol. The molecule has 2 saturated heterocycles. The summed E-state index contributed by atoms with van der Waals surface area (Å²) in [5.41, 5.74) is 2.21. The van der Waals surface area contributed by atoms with Gasteiger partial charge in [-0.1, -0.05) is 6.92 Å². The molecule has 1 N–H and O–H groups in total. The van der Waals surface area contributed by atoms with Gasteiger partial charge in [-0.2, -0.15) is 0 Å². The number of piperidine rings is 1. The Kier molecular flexibility index (Phi) is 7.10. The molecule has 5 rings (SSSR count). The number of fused-ring (bicyclic) bond motifs is 1. The normalized spacial score (nSPS) is 21.6. The SMILES string of the molecule is COCCc1cn(CCN2CCCC2)c(C2CCN(c3ncnc4c3[C@H](C)CC(=O)N4)CC2)n1. The van der Waals surface area contributed by atoms with Crippen molar-refractivity contribution in [3.8, 4) is 0 Å². The summed E-state index contributed by atoms with van der Waals surface area (Å²) in [6.07, 6.45) is 9.91. The Hall–Kier alpha value is -2.52. The van der Waals surface area contributed by atoms with Crippen LogP contribution in [0.15, 0.2) is 12.5 Å². The molecule has 0 radical (unpaired) electrons. The van der Waals surface area contributed by atoms with E-state index in [1.54, 1.807) is 13.4 Å². The molecule has 2 aromatic rings. The van der Waals surface area contributed by atoms with Crippen LogP contribution < -0.4 is 10.2 Å². The Labute approximate surface area is 201 Å². The summed E-state index contributed by atoms with van der Waals surface area (Å²) in [6.45, 7) is 9.21. The van der Waals surface area contributed by atoms with E-state index in [9.17, 15) is 4.79 Å². The minimum Gasteiger partial charge on any atom is -0.384 e. The van der Waals surface area contributed by atoms with E-state index in [0.29, 0.717) is 24.8 Å². The molecule has 184 valence electrons. The number of amides is 1. The van der Waals surface area contributed by atoms with Crippen LogP contribution in [0.2, 0.25) is 0 Å². The second-order valence-corrected chi connectivity index (χ2v) is 9.95. The molecule has 5 heterocycles. The van der Waals surface area contributed by atoms with Crippen molar-refractivity contribution in [2.75, 3.05) is 56.7 Å². The van der Waals surface area contributed by atoms with Crippen molar-refractivity contribution in [3.63, 3.8) is 0 Å². The first kappa shape index (κ1) is 23.2. The van der Waals surface area contributed by atoms with E-state index in [1.165, 1.54) is 31.8 Å². The number of hydrogen-bond donors (Lipinski definition) is 1. The molecule has 0 aliphatic carbocycles. The largest absolute Gasteiger partial charge is 0.384 e. The van der Waals surface area contributed by atoms with Crippen molar-refractivity contribution >= 4 is 17.5 Å². The maximum atomic E-state index is 12.0. The third-order valence-corrected chi connectivity index (χ3v) is 7.54. The van der Waals surface area contributed by atoms with Crippen LogP contribution >= 0.6 is 0 Å². The summed E-state index contributed by atoms with van der Waals surface area (Å²) in [5, 5.41) is 2.92. The second-order valence-electron chi connectivity index (χ2n) is 9.95. The number of likely N-dealkylation sites (tertiary alicyclic amines) is 1. The van der Waals surface area contributed by atoms with Crippen molar-refractivity contribution in [3.05, 3.63) is 29.6 Å². The molecule has 1 amide bonds. The van der Waals surface area contributed by atoms with Gasteiger partial charge in [0, 0.05) is 63.8 Å². The van der Waals surface area contributed by atoms with Crippen molar-refractivity contribution < 1.29 is 9.53 Å². The van der Waals surface area contributed by atoms with Crippen LogP contribution in [0.4, 0.5) is 11.6 Å². The van der Waals surface area contributed by atoms with Crippen molar-refractivity contribution in [2.45, 2.75) is 63.8 Å². The van der Waals surface area contributed by atoms with Gasteiger partial charge in [0.05, 0.1) is 12.3 Å². The van der Waals surface area contributed by atoms with E-state index in [-0.39, 0.29) is 11.8 Å². The van der Waals surface area contributed by atoms with Gasteiger partial charge in [-0.15, -0.1) is 0 Å². The van der Waals surface area contributed by atoms with Crippen LogP contribution in [0, 0.1) is 0 Å². The monoisotopic (exact) mass is 467 g/mol. The zero-order valence-electron chi connectivity index (χ0n) is 20.5. The standard InChI is InChI=1S/C25H37N7O2/c1-18-15-21(33)29-23-22(18)25(27-17-26-23)31-10-5-19(6-11-31)24-28-20(7-14-34-2)16-32(24)13-12-30-8-3-4-9-30/h16-19H,3-15H2,1-2H3,(H,26,27,29,33)/t18-/m1/s1. The zero-order chi connectivity index (χ0) is 23.5. The molecule has 3 aliphatic heterocycles. The molecule has 0 saturated carbocycles. The molecular weight excluding hydrogens is 430 g/mol. The Balaban J connectivity index is 1.29. The van der Waals surface area contributed by atoms with Crippen LogP contribution in [-0.4, -0.2) is 76.8 Å². The maximum absolute atomic E-state index is 12.0.